The van der Waals surface area contributed by atoms with Crippen LogP contribution < -0.4 is 15.8 Å². The summed E-state index contributed by atoms with van der Waals surface area (Å²) in [7, 11) is 0. The van der Waals surface area contributed by atoms with Gasteiger partial charge in [0.05, 0.1) is 18.2 Å². The third kappa shape index (κ3) is 4.14. The van der Waals surface area contributed by atoms with E-state index in [2.05, 4.69) is 5.32 Å². The van der Waals surface area contributed by atoms with Gasteiger partial charge in [-0.2, -0.15) is 5.26 Å². The number of carbonyl (C=O) groups is 2. The maximum absolute atomic E-state index is 11.5. The molecule has 0 heterocycles. The van der Waals surface area contributed by atoms with Crippen LogP contribution in [0.25, 0.3) is 0 Å². The van der Waals surface area contributed by atoms with Crippen LogP contribution in [0.4, 0.5) is 0 Å². The highest BCUT2D eigenvalue weighted by atomic mass is 16.5. The summed E-state index contributed by atoms with van der Waals surface area (Å²) in [4.78, 5) is 22.0. The molecule has 1 atom stereocenters. The van der Waals surface area contributed by atoms with Crippen molar-refractivity contribution < 1.29 is 14.3 Å². The van der Waals surface area contributed by atoms with Gasteiger partial charge in [-0.05, 0) is 31.2 Å². The van der Waals surface area contributed by atoms with Gasteiger partial charge >= 0.3 is 0 Å². The van der Waals surface area contributed by atoms with Gasteiger partial charge in [-0.15, -0.1) is 0 Å². The molecule has 0 spiro atoms. The Bertz CT molecular complexity index is 476. The zero-order chi connectivity index (χ0) is 13.5. The molecule has 0 aliphatic heterocycles. The van der Waals surface area contributed by atoms with Crippen molar-refractivity contribution in [2.24, 2.45) is 5.73 Å². The van der Waals surface area contributed by atoms with Crippen LogP contribution in [0.3, 0.4) is 0 Å². The van der Waals surface area contributed by atoms with Crippen molar-refractivity contribution in [1.29, 1.82) is 5.26 Å². The minimum Gasteiger partial charge on any atom is -0.481 e. The Morgan fingerprint density at radius 1 is 1.44 bits per heavy atom. The number of ether oxygens (including phenoxy) is 1. The van der Waals surface area contributed by atoms with E-state index in [1.54, 1.807) is 31.2 Å². The van der Waals surface area contributed by atoms with E-state index in [4.69, 9.17) is 15.7 Å². The average molecular weight is 247 g/mol. The molecule has 6 nitrogen and oxygen atoms in total. The van der Waals surface area contributed by atoms with Crippen molar-refractivity contribution in [2.75, 3.05) is 6.54 Å². The Morgan fingerprint density at radius 3 is 2.56 bits per heavy atom. The third-order valence-corrected chi connectivity index (χ3v) is 2.10. The van der Waals surface area contributed by atoms with Crippen LogP contribution >= 0.6 is 0 Å². The first kappa shape index (κ1) is 13.5. The van der Waals surface area contributed by atoms with E-state index < -0.39 is 17.9 Å². The lowest BCUT2D eigenvalue weighted by atomic mass is 10.2. The van der Waals surface area contributed by atoms with E-state index in [1.165, 1.54) is 0 Å². The first-order chi connectivity index (χ1) is 8.52. The molecule has 1 aromatic rings. The van der Waals surface area contributed by atoms with E-state index in [1.807, 2.05) is 6.07 Å². The summed E-state index contributed by atoms with van der Waals surface area (Å²) in [6.07, 6.45) is -0.753. The number of hydrogen-bond acceptors (Lipinski definition) is 4. The molecule has 3 N–H and O–H groups in total. The molecule has 0 radical (unpaired) electrons. The monoisotopic (exact) mass is 247 g/mol. The van der Waals surface area contributed by atoms with Crippen LogP contribution in [0.5, 0.6) is 5.75 Å². The summed E-state index contributed by atoms with van der Waals surface area (Å²) >= 11 is 0. The minimum atomic E-state index is -0.753. The lowest BCUT2D eigenvalue weighted by Gasteiger charge is -2.13. The Morgan fingerprint density at radius 2 is 2.06 bits per heavy atom. The first-order valence-electron chi connectivity index (χ1n) is 5.25. The van der Waals surface area contributed by atoms with Crippen LogP contribution in [0.2, 0.25) is 0 Å². The number of nitrogens with one attached hydrogen (secondary N) is 1. The van der Waals surface area contributed by atoms with Crippen molar-refractivity contribution >= 4 is 11.8 Å². The molecule has 94 valence electrons. The number of hydrogen-bond donors (Lipinski definition) is 2. The molecule has 0 aliphatic rings. The van der Waals surface area contributed by atoms with E-state index in [0.717, 1.165) is 0 Å². The third-order valence-electron chi connectivity index (χ3n) is 2.10. The number of amides is 2. The maximum atomic E-state index is 11.5. The number of primary amides is 1. The van der Waals surface area contributed by atoms with Crippen LogP contribution in [-0.4, -0.2) is 24.5 Å². The lowest BCUT2D eigenvalue weighted by Crippen LogP contribution is -2.40. The Labute approximate surface area is 104 Å². The molecule has 1 aromatic carbocycles. The molecule has 0 aromatic heterocycles. The van der Waals surface area contributed by atoms with E-state index >= 15 is 0 Å². The van der Waals surface area contributed by atoms with E-state index in [9.17, 15) is 9.59 Å². The summed E-state index contributed by atoms with van der Waals surface area (Å²) in [6, 6.07) is 8.34. The fourth-order valence-electron chi connectivity index (χ4n) is 1.18. The van der Waals surface area contributed by atoms with Crippen LogP contribution in [-0.2, 0) is 9.59 Å². The topological polar surface area (TPSA) is 105 Å². The number of nitriles is 1. The second-order valence-corrected chi connectivity index (χ2v) is 3.58. The van der Waals surface area contributed by atoms with Gasteiger partial charge in [0.1, 0.15) is 5.75 Å². The minimum absolute atomic E-state index is 0.222. The molecule has 0 unspecified atom stereocenters. The molecular formula is C12H13N3O3. The van der Waals surface area contributed by atoms with Crippen molar-refractivity contribution in [3.05, 3.63) is 29.8 Å². The predicted octanol–water partition coefficient (Wildman–Crippen LogP) is -0.0729. The zero-order valence-corrected chi connectivity index (χ0v) is 9.84. The van der Waals surface area contributed by atoms with Gasteiger partial charge in [0, 0.05) is 0 Å². The molecule has 0 aliphatic carbocycles. The van der Waals surface area contributed by atoms with E-state index in [-0.39, 0.29) is 6.54 Å². The quantitative estimate of drug-likeness (QED) is 0.759. The summed E-state index contributed by atoms with van der Waals surface area (Å²) in [5.41, 5.74) is 5.41. The fourth-order valence-corrected chi connectivity index (χ4v) is 1.18. The zero-order valence-electron chi connectivity index (χ0n) is 9.84. The van der Waals surface area contributed by atoms with Gasteiger partial charge in [-0.3, -0.25) is 9.59 Å². The molecule has 0 saturated carbocycles. The van der Waals surface area contributed by atoms with Gasteiger partial charge in [0.15, 0.2) is 6.10 Å². The highest BCUT2D eigenvalue weighted by Gasteiger charge is 2.14. The Kier molecular flexibility index (Phi) is 4.69. The van der Waals surface area contributed by atoms with Crippen LogP contribution in [0.15, 0.2) is 24.3 Å². The standard InChI is InChI=1S/C12H13N3O3/c1-8(12(17)15-7-11(14)16)18-10-4-2-9(6-13)3-5-10/h2-5,8H,7H2,1H3,(H2,14,16)(H,15,17)/t8-/m1/s1. The number of nitrogens with two attached hydrogens (primary N) is 1. The smallest absolute Gasteiger partial charge is 0.261 e. The molecule has 0 bridgehead atoms. The molecule has 2 amide bonds. The van der Waals surface area contributed by atoms with E-state index in [0.29, 0.717) is 11.3 Å². The van der Waals surface area contributed by atoms with Gasteiger partial charge in [-0.25, -0.2) is 0 Å². The average Bonchev–Trinajstić information content (AvgIpc) is 2.36. The molecule has 6 heteroatoms. The lowest BCUT2D eigenvalue weighted by molar-refractivity contribution is -0.129. The van der Waals surface area contributed by atoms with Crippen LogP contribution in [0.1, 0.15) is 12.5 Å². The Balaban J connectivity index is 2.53. The normalized spacial score (nSPS) is 11.1. The van der Waals surface area contributed by atoms with Crippen molar-refractivity contribution in [1.82, 2.24) is 5.32 Å². The van der Waals surface area contributed by atoms with Crippen LogP contribution in [0, 0.1) is 11.3 Å². The summed E-state index contributed by atoms with van der Waals surface area (Å²) < 4.78 is 5.33. The Hall–Kier alpha value is -2.55. The number of carbonyl (C=O) groups excluding carboxylic acids is 2. The second kappa shape index (κ2) is 6.25. The molecule has 0 fully saturated rings. The molecule has 18 heavy (non-hydrogen) atoms. The predicted molar refractivity (Wildman–Crippen MR) is 63.5 cm³/mol. The molecular weight excluding hydrogens is 234 g/mol. The van der Waals surface area contributed by atoms with Gasteiger partial charge in [0.2, 0.25) is 5.91 Å². The summed E-state index contributed by atoms with van der Waals surface area (Å²) in [6.45, 7) is 1.33. The largest absolute Gasteiger partial charge is 0.481 e. The number of nitrogens with zero attached hydrogens (tertiary/aromatic N) is 1. The van der Waals surface area contributed by atoms with Crippen molar-refractivity contribution in [3.63, 3.8) is 0 Å². The maximum Gasteiger partial charge on any atom is 0.261 e. The summed E-state index contributed by atoms with van der Waals surface area (Å²) in [5, 5.41) is 11.0. The number of rotatable bonds is 5. The molecule has 0 saturated heterocycles. The SMILES string of the molecule is C[C@@H](Oc1ccc(C#N)cc1)C(=O)NCC(N)=O. The summed E-state index contributed by atoms with van der Waals surface area (Å²) in [5.74, 6) is -0.581. The van der Waals surface area contributed by atoms with Crippen molar-refractivity contribution in [2.45, 2.75) is 13.0 Å². The highest BCUT2D eigenvalue weighted by Crippen LogP contribution is 2.13. The number of benzene rings is 1. The van der Waals surface area contributed by atoms with Gasteiger partial charge < -0.3 is 15.8 Å². The highest BCUT2D eigenvalue weighted by molar-refractivity contribution is 5.86. The van der Waals surface area contributed by atoms with Gasteiger partial charge in [-0.1, -0.05) is 0 Å². The van der Waals surface area contributed by atoms with Crippen molar-refractivity contribution in [3.8, 4) is 11.8 Å². The fraction of sp³-hybridized carbons (Fsp3) is 0.250. The first-order valence-corrected chi connectivity index (χ1v) is 5.25. The van der Waals surface area contributed by atoms with Gasteiger partial charge in [0.25, 0.3) is 5.91 Å². The molecule has 1 rings (SSSR count). The second-order valence-electron chi connectivity index (χ2n) is 3.58.